The van der Waals surface area contributed by atoms with E-state index in [0.717, 1.165) is 5.69 Å². The third-order valence-electron chi connectivity index (χ3n) is 4.99. The molecule has 3 aromatic rings. The molecule has 0 radical (unpaired) electrons. The number of sulfonamides is 1. The van der Waals surface area contributed by atoms with E-state index in [1.54, 1.807) is 37.3 Å². The van der Waals surface area contributed by atoms with E-state index in [9.17, 15) is 13.2 Å². The zero-order chi connectivity index (χ0) is 20.8. The van der Waals surface area contributed by atoms with Crippen molar-refractivity contribution in [3.8, 4) is 0 Å². The summed E-state index contributed by atoms with van der Waals surface area (Å²) in [5, 5.41) is 7.39. The first-order chi connectivity index (χ1) is 13.8. The average molecular weight is 414 g/mol. The minimum Gasteiger partial charge on any atom is -0.336 e. The number of hydrogen-bond acceptors (Lipinski definition) is 6. The van der Waals surface area contributed by atoms with Crippen molar-refractivity contribution in [1.29, 1.82) is 0 Å². The van der Waals surface area contributed by atoms with E-state index in [1.807, 2.05) is 13.8 Å². The summed E-state index contributed by atoms with van der Waals surface area (Å²) >= 11 is 0. The van der Waals surface area contributed by atoms with E-state index in [0.29, 0.717) is 46.7 Å². The van der Waals surface area contributed by atoms with Gasteiger partial charge < -0.3 is 9.84 Å². The highest BCUT2D eigenvalue weighted by Gasteiger charge is 2.28. The van der Waals surface area contributed by atoms with Crippen molar-refractivity contribution >= 4 is 38.4 Å². The predicted molar refractivity (Wildman–Crippen MR) is 111 cm³/mol. The molecule has 29 heavy (non-hydrogen) atoms. The molecule has 0 atom stereocenters. The van der Waals surface area contributed by atoms with Crippen LogP contribution in [0.2, 0.25) is 0 Å². The number of aryl methyl sites for hydroxylation is 1. The molecule has 4 rings (SSSR count). The van der Waals surface area contributed by atoms with Gasteiger partial charge in [0.2, 0.25) is 10.0 Å². The van der Waals surface area contributed by atoms with Crippen LogP contribution in [-0.2, 0) is 10.0 Å². The maximum Gasteiger partial charge on any atom is 0.259 e. The smallest absolute Gasteiger partial charge is 0.259 e. The Morgan fingerprint density at radius 3 is 2.59 bits per heavy atom. The number of pyridine rings is 1. The molecule has 8 nitrogen and oxygen atoms in total. The first kappa shape index (κ1) is 19.4. The maximum absolute atomic E-state index is 13.0. The number of benzene rings is 1. The third kappa shape index (κ3) is 3.57. The third-order valence-corrected chi connectivity index (χ3v) is 6.86. The van der Waals surface area contributed by atoms with Crippen LogP contribution in [0.15, 0.2) is 34.9 Å². The standard InChI is InChI=1S/C20H22N4O4S/c1-12(2)17-11-16(18-13(3)23-28-20(18)22-17)19(25)21-14-5-7-15(8-6-14)24-9-4-10-29(24,26)27/h5-8,11-12H,4,9-10H2,1-3H3,(H,21,25). The minimum atomic E-state index is -3.23. The SMILES string of the molecule is Cc1noc2nc(C(C)C)cc(C(=O)Nc3ccc(N4CCCS4(=O)=O)cc3)c12. The fraction of sp³-hybridized carbons (Fsp3) is 0.350. The number of anilines is 2. The fourth-order valence-electron chi connectivity index (χ4n) is 3.43. The molecule has 1 aliphatic rings. The van der Waals surface area contributed by atoms with Gasteiger partial charge in [-0.15, -0.1) is 0 Å². The summed E-state index contributed by atoms with van der Waals surface area (Å²) in [5.41, 5.74) is 3.30. The molecule has 1 N–H and O–H groups in total. The van der Waals surface area contributed by atoms with Gasteiger partial charge in [0.05, 0.1) is 28.1 Å². The summed E-state index contributed by atoms with van der Waals surface area (Å²) in [5.74, 6) is -0.00928. The highest BCUT2D eigenvalue weighted by Crippen LogP contribution is 2.28. The molecule has 1 aliphatic heterocycles. The van der Waals surface area contributed by atoms with E-state index in [2.05, 4.69) is 15.5 Å². The van der Waals surface area contributed by atoms with E-state index >= 15 is 0 Å². The van der Waals surface area contributed by atoms with Gasteiger partial charge in [-0.3, -0.25) is 9.10 Å². The predicted octanol–water partition coefficient (Wildman–Crippen LogP) is 3.45. The van der Waals surface area contributed by atoms with Gasteiger partial charge >= 0.3 is 0 Å². The number of nitrogens with one attached hydrogen (secondary N) is 1. The number of nitrogens with zero attached hydrogens (tertiary/aromatic N) is 3. The Morgan fingerprint density at radius 2 is 1.97 bits per heavy atom. The van der Waals surface area contributed by atoms with E-state index < -0.39 is 10.0 Å². The first-order valence-corrected chi connectivity index (χ1v) is 11.1. The molecule has 1 saturated heterocycles. The molecule has 1 amide bonds. The number of fused-ring (bicyclic) bond motifs is 1. The second-order valence-corrected chi connectivity index (χ2v) is 9.45. The monoisotopic (exact) mass is 414 g/mol. The molecule has 1 fully saturated rings. The van der Waals surface area contributed by atoms with Crippen molar-refractivity contribution in [3.05, 3.63) is 47.3 Å². The van der Waals surface area contributed by atoms with Crippen molar-refractivity contribution < 1.29 is 17.7 Å². The van der Waals surface area contributed by atoms with Crippen LogP contribution in [0, 0.1) is 6.92 Å². The van der Waals surface area contributed by atoms with E-state index in [4.69, 9.17) is 4.52 Å². The summed E-state index contributed by atoms with van der Waals surface area (Å²) < 4.78 is 30.8. The summed E-state index contributed by atoms with van der Waals surface area (Å²) in [6.45, 7) is 6.23. The summed E-state index contributed by atoms with van der Waals surface area (Å²) in [6.07, 6.45) is 0.620. The van der Waals surface area contributed by atoms with E-state index in [1.165, 1.54) is 4.31 Å². The summed E-state index contributed by atoms with van der Waals surface area (Å²) in [6, 6.07) is 8.56. The minimum absolute atomic E-state index is 0.123. The lowest BCUT2D eigenvalue weighted by Crippen LogP contribution is -2.25. The fourth-order valence-corrected chi connectivity index (χ4v) is 4.99. The van der Waals surface area contributed by atoms with Crippen molar-refractivity contribution in [1.82, 2.24) is 10.1 Å². The molecule has 3 heterocycles. The van der Waals surface area contributed by atoms with Crippen molar-refractivity contribution in [3.63, 3.8) is 0 Å². The van der Waals surface area contributed by atoms with Crippen LogP contribution in [0.1, 0.15) is 47.9 Å². The highest BCUT2D eigenvalue weighted by molar-refractivity contribution is 7.93. The van der Waals surface area contributed by atoms with Crippen LogP contribution < -0.4 is 9.62 Å². The van der Waals surface area contributed by atoms with Gasteiger partial charge in [-0.25, -0.2) is 13.4 Å². The lowest BCUT2D eigenvalue weighted by atomic mass is 10.0. The normalized spacial score (nSPS) is 15.9. The average Bonchev–Trinajstić information content (AvgIpc) is 3.23. The molecule has 9 heteroatoms. The molecule has 152 valence electrons. The molecule has 2 aromatic heterocycles. The number of carbonyl (C=O) groups excluding carboxylic acids is 1. The zero-order valence-electron chi connectivity index (χ0n) is 16.5. The lowest BCUT2D eigenvalue weighted by molar-refractivity contribution is 0.102. The van der Waals surface area contributed by atoms with Crippen LogP contribution in [-0.4, -0.2) is 36.8 Å². The Kier molecular flexibility index (Phi) is 4.77. The molecule has 1 aromatic carbocycles. The maximum atomic E-state index is 13.0. The van der Waals surface area contributed by atoms with Crippen molar-refractivity contribution in [2.75, 3.05) is 21.9 Å². The quantitative estimate of drug-likeness (QED) is 0.701. The zero-order valence-corrected chi connectivity index (χ0v) is 17.3. The molecule has 0 spiro atoms. The van der Waals surface area contributed by atoms with Crippen LogP contribution in [0.4, 0.5) is 11.4 Å². The van der Waals surface area contributed by atoms with Gasteiger partial charge in [0.15, 0.2) is 0 Å². The Balaban J connectivity index is 1.62. The largest absolute Gasteiger partial charge is 0.336 e. The second-order valence-electron chi connectivity index (χ2n) is 7.44. The Bertz CT molecular complexity index is 1180. The van der Waals surface area contributed by atoms with Crippen LogP contribution in [0.25, 0.3) is 11.1 Å². The number of carbonyl (C=O) groups is 1. The van der Waals surface area contributed by atoms with Gasteiger partial charge in [-0.1, -0.05) is 19.0 Å². The molecule has 0 unspecified atom stereocenters. The van der Waals surface area contributed by atoms with Crippen LogP contribution >= 0.6 is 0 Å². The number of hydrogen-bond donors (Lipinski definition) is 1. The number of aromatic nitrogens is 2. The number of rotatable bonds is 4. The Morgan fingerprint density at radius 1 is 1.24 bits per heavy atom. The van der Waals surface area contributed by atoms with E-state index in [-0.39, 0.29) is 17.6 Å². The summed E-state index contributed by atoms with van der Waals surface area (Å²) in [4.78, 5) is 17.4. The molecular formula is C20H22N4O4S. The molecule has 0 saturated carbocycles. The van der Waals surface area contributed by atoms with Crippen molar-refractivity contribution in [2.45, 2.75) is 33.1 Å². The van der Waals surface area contributed by atoms with Crippen LogP contribution in [0.5, 0.6) is 0 Å². The van der Waals surface area contributed by atoms with Gasteiger partial charge in [-0.2, -0.15) is 0 Å². The first-order valence-electron chi connectivity index (χ1n) is 9.45. The summed E-state index contributed by atoms with van der Waals surface area (Å²) in [7, 11) is -3.23. The van der Waals surface area contributed by atoms with Gasteiger partial charge in [0.1, 0.15) is 0 Å². The van der Waals surface area contributed by atoms with Crippen LogP contribution in [0.3, 0.4) is 0 Å². The van der Waals surface area contributed by atoms with Gasteiger partial charge in [0, 0.05) is 17.9 Å². The molecular weight excluding hydrogens is 392 g/mol. The highest BCUT2D eigenvalue weighted by atomic mass is 32.2. The lowest BCUT2D eigenvalue weighted by Gasteiger charge is -2.17. The Hall–Kier alpha value is -2.94. The Labute approximate surface area is 169 Å². The van der Waals surface area contributed by atoms with Gasteiger partial charge in [0.25, 0.3) is 11.6 Å². The molecule has 0 bridgehead atoms. The second kappa shape index (κ2) is 7.14. The van der Waals surface area contributed by atoms with Gasteiger partial charge in [-0.05, 0) is 49.6 Å². The number of amides is 1. The van der Waals surface area contributed by atoms with Crippen molar-refractivity contribution in [2.24, 2.45) is 0 Å². The molecule has 0 aliphatic carbocycles. The topological polar surface area (TPSA) is 105 Å².